The van der Waals surface area contributed by atoms with Gasteiger partial charge in [0, 0.05) is 11.6 Å². The molecule has 0 N–H and O–H groups in total. The monoisotopic (exact) mass is 314 g/mol. The highest BCUT2D eigenvalue weighted by Gasteiger charge is 2.11. The number of rotatable bonds is 5. The van der Waals surface area contributed by atoms with E-state index in [1.807, 2.05) is 6.07 Å². The molecule has 0 aliphatic heterocycles. The Morgan fingerprint density at radius 2 is 2.04 bits per heavy atom. The number of nitrogens with zero attached hydrogens (tertiary/aromatic N) is 2. The second-order valence-electron chi connectivity index (χ2n) is 5.04. The predicted molar refractivity (Wildman–Crippen MR) is 83.8 cm³/mol. The van der Waals surface area contributed by atoms with E-state index in [4.69, 9.17) is 9.15 Å². The highest BCUT2D eigenvalue weighted by molar-refractivity contribution is 5.72. The summed E-state index contributed by atoms with van der Waals surface area (Å²) < 4.78 is 12.2. The summed E-state index contributed by atoms with van der Waals surface area (Å²) in [7, 11) is 0. The van der Waals surface area contributed by atoms with Crippen LogP contribution in [0.5, 0.6) is 5.75 Å². The number of aromatic nitrogens is 1. The topological polar surface area (TPSA) is 87.5 Å². The Balaban J connectivity index is 1.72. The van der Waals surface area contributed by atoms with Gasteiger partial charge in [0.15, 0.2) is 5.58 Å². The fourth-order valence-corrected chi connectivity index (χ4v) is 2.40. The Labute approximate surface area is 130 Å². The molecule has 7 heteroatoms. The molecular formula is C16H14N2O5. The van der Waals surface area contributed by atoms with Crippen LogP contribution >= 0.6 is 0 Å². The SMILES string of the molecule is Cc1cc(OCCn2c(=O)oc3ccccc32)ccc1[N+](=O)[O-]. The zero-order valence-corrected chi connectivity index (χ0v) is 12.4. The van der Waals surface area contributed by atoms with E-state index < -0.39 is 10.7 Å². The van der Waals surface area contributed by atoms with E-state index in [0.29, 0.717) is 29.0 Å². The smallest absolute Gasteiger partial charge is 0.420 e. The average molecular weight is 314 g/mol. The van der Waals surface area contributed by atoms with Crippen molar-refractivity contribution >= 4 is 16.8 Å². The highest BCUT2D eigenvalue weighted by atomic mass is 16.6. The van der Waals surface area contributed by atoms with Crippen molar-refractivity contribution in [3.05, 3.63) is 68.7 Å². The number of hydrogen-bond acceptors (Lipinski definition) is 5. The van der Waals surface area contributed by atoms with Crippen LogP contribution < -0.4 is 10.5 Å². The van der Waals surface area contributed by atoms with Crippen LogP contribution in [0.3, 0.4) is 0 Å². The van der Waals surface area contributed by atoms with E-state index in [1.165, 1.54) is 10.6 Å². The first-order chi connectivity index (χ1) is 11.1. The maximum atomic E-state index is 11.8. The largest absolute Gasteiger partial charge is 0.492 e. The van der Waals surface area contributed by atoms with Crippen molar-refractivity contribution in [2.75, 3.05) is 6.61 Å². The first-order valence-electron chi connectivity index (χ1n) is 7.02. The molecule has 0 saturated carbocycles. The summed E-state index contributed by atoms with van der Waals surface area (Å²) in [6.45, 7) is 2.23. The number of nitro groups is 1. The van der Waals surface area contributed by atoms with E-state index in [2.05, 4.69) is 0 Å². The highest BCUT2D eigenvalue weighted by Crippen LogP contribution is 2.23. The molecule has 2 aromatic carbocycles. The lowest BCUT2D eigenvalue weighted by Gasteiger charge is -2.07. The van der Waals surface area contributed by atoms with Crippen LogP contribution in [0.15, 0.2) is 51.7 Å². The molecule has 0 bridgehead atoms. The van der Waals surface area contributed by atoms with Crippen LogP contribution in [0, 0.1) is 17.0 Å². The van der Waals surface area contributed by atoms with Crippen molar-refractivity contribution in [2.24, 2.45) is 0 Å². The quantitative estimate of drug-likeness (QED) is 0.534. The van der Waals surface area contributed by atoms with Crippen LogP contribution in [0.25, 0.3) is 11.1 Å². The Hall–Kier alpha value is -3.09. The van der Waals surface area contributed by atoms with E-state index in [0.717, 1.165) is 0 Å². The maximum absolute atomic E-state index is 11.8. The van der Waals surface area contributed by atoms with Gasteiger partial charge >= 0.3 is 5.76 Å². The molecule has 7 nitrogen and oxygen atoms in total. The van der Waals surface area contributed by atoms with Crippen molar-refractivity contribution in [1.82, 2.24) is 4.57 Å². The minimum atomic E-state index is -0.435. The summed E-state index contributed by atoms with van der Waals surface area (Å²) in [4.78, 5) is 22.2. The lowest BCUT2D eigenvalue weighted by Crippen LogP contribution is -2.18. The second kappa shape index (κ2) is 5.96. The fraction of sp³-hybridized carbons (Fsp3) is 0.188. The molecule has 0 aliphatic carbocycles. The molecule has 0 atom stereocenters. The number of aryl methyl sites for hydroxylation is 1. The van der Waals surface area contributed by atoms with Crippen molar-refractivity contribution < 1.29 is 14.1 Å². The molecule has 0 saturated heterocycles. The molecule has 0 radical (unpaired) electrons. The summed E-state index contributed by atoms with van der Waals surface area (Å²) in [6.07, 6.45) is 0. The zero-order chi connectivity index (χ0) is 16.4. The van der Waals surface area contributed by atoms with Gasteiger partial charge in [0.05, 0.1) is 17.0 Å². The number of para-hydroxylation sites is 2. The third-order valence-corrected chi connectivity index (χ3v) is 3.52. The molecule has 0 spiro atoms. The summed E-state index contributed by atoms with van der Waals surface area (Å²) in [5.74, 6) is 0.0867. The fourth-order valence-electron chi connectivity index (χ4n) is 2.40. The van der Waals surface area contributed by atoms with Crippen molar-refractivity contribution in [3.8, 4) is 5.75 Å². The van der Waals surface area contributed by atoms with E-state index in [1.54, 1.807) is 37.3 Å². The first-order valence-corrected chi connectivity index (χ1v) is 7.02. The Morgan fingerprint density at radius 1 is 1.26 bits per heavy atom. The molecule has 1 aromatic heterocycles. The van der Waals surface area contributed by atoms with Crippen LogP contribution in [-0.2, 0) is 6.54 Å². The van der Waals surface area contributed by atoms with Gasteiger partial charge in [0.1, 0.15) is 12.4 Å². The van der Waals surface area contributed by atoms with Crippen molar-refractivity contribution in [2.45, 2.75) is 13.5 Å². The van der Waals surface area contributed by atoms with Gasteiger partial charge in [-0.15, -0.1) is 0 Å². The van der Waals surface area contributed by atoms with Gasteiger partial charge in [0.25, 0.3) is 5.69 Å². The normalized spacial score (nSPS) is 10.8. The molecular weight excluding hydrogens is 300 g/mol. The van der Waals surface area contributed by atoms with Crippen LogP contribution in [0.4, 0.5) is 5.69 Å². The summed E-state index contributed by atoms with van der Waals surface area (Å²) >= 11 is 0. The van der Waals surface area contributed by atoms with Crippen LogP contribution in [0.2, 0.25) is 0 Å². The van der Waals surface area contributed by atoms with E-state index in [-0.39, 0.29) is 12.3 Å². The standard InChI is InChI=1S/C16H14N2O5/c1-11-10-12(6-7-13(11)18(20)21)22-9-8-17-14-4-2-3-5-15(14)23-16(17)19/h2-7,10H,8-9H2,1H3. The minimum absolute atomic E-state index is 0.0504. The van der Waals surface area contributed by atoms with Gasteiger partial charge < -0.3 is 9.15 Å². The van der Waals surface area contributed by atoms with Crippen molar-refractivity contribution in [1.29, 1.82) is 0 Å². The number of benzene rings is 2. The Bertz CT molecular complexity index is 926. The van der Waals surface area contributed by atoms with Gasteiger partial charge in [0.2, 0.25) is 0 Å². The van der Waals surface area contributed by atoms with E-state index in [9.17, 15) is 14.9 Å². The van der Waals surface area contributed by atoms with E-state index >= 15 is 0 Å². The number of ether oxygens (including phenoxy) is 1. The molecule has 23 heavy (non-hydrogen) atoms. The summed E-state index contributed by atoms with van der Waals surface area (Å²) in [6, 6.07) is 11.7. The summed E-state index contributed by atoms with van der Waals surface area (Å²) in [5, 5.41) is 10.8. The molecule has 0 amide bonds. The number of fused-ring (bicyclic) bond motifs is 1. The maximum Gasteiger partial charge on any atom is 0.420 e. The van der Waals surface area contributed by atoms with Gasteiger partial charge in [-0.25, -0.2) is 4.79 Å². The second-order valence-corrected chi connectivity index (χ2v) is 5.04. The van der Waals surface area contributed by atoms with Gasteiger partial charge in [-0.2, -0.15) is 0 Å². The Kier molecular flexibility index (Phi) is 3.84. The number of hydrogen-bond donors (Lipinski definition) is 0. The molecule has 3 aromatic rings. The number of oxazole rings is 1. The molecule has 0 unspecified atom stereocenters. The number of nitro benzene ring substituents is 1. The molecule has 3 rings (SSSR count). The van der Waals surface area contributed by atoms with Crippen LogP contribution in [-0.4, -0.2) is 16.1 Å². The van der Waals surface area contributed by atoms with Gasteiger partial charge in [-0.3, -0.25) is 14.7 Å². The molecule has 0 fully saturated rings. The predicted octanol–water partition coefficient (Wildman–Crippen LogP) is 2.89. The van der Waals surface area contributed by atoms with Crippen LogP contribution in [0.1, 0.15) is 5.56 Å². The lowest BCUT2D eigenvalue weighted by molar-refractivity contribution is -0.385. The lowest BCUT2D eigenvalue weighted by atomic mass is 10.2. The molecule has 0 aliphatic rings. The third kappa shape index (κ3) is 2.94. The summed E-state index contributed by atoms with van der Waals surface area (Å²) in [5.41, 5.74) is 1.82. The van der Waals surface area contributed by atoms with Gasteiger partial charge in [-0.1, -0.05) is 12.1 Å². The van der Waals surface area contributed by atoms with Gasteiger partial charge in [-0.05, 0) is 31.2 Å². The average Bonchev–Trinajstić information content (AvgIpc) is 2.83. The third-order valence-electron chi connectivity index (χ3n) is 3.52. The molecule has 118 valence electrons. The molecule has 1 heterocycles. The first kappa shape index (κ1) is 14.8. The van der Waals surface area contributed by atoms with Crippen molar-refractivity contribution in [3.63, 3.8) is 0 Å². The minimum Gasteiger partial charge on any atom is -0.492 e. The Morgan fingerprint density at radius 3 is 2.78 bits per heavy atom. The zero-order valence-electron chi connectivity index (χ0n) is 12.4.